The van der Waals surface area contributed by atoms with Crippen LogP contribution in [0.1, 0.15) is 22.1 Å². The smallest absolute Gasteiger partial charge is 0.330 e. The summed E-state index contributed by atoms with van der Waals surface area (Å²) in [5, 5.41) is 3.80. The molecule has 0 saturated heterocycles. The Morgan fingerprint density at radius 3 is 2.36 bits per heavy atom. The standard InChI is InChI=1S/C20H17ClN4O3/c1-23-11-15(18(26)24(2)20(23)28)17-22-16-6-4-3-5-14(16)19(27)25(17)13-9-7-12(21)8-10-13/h3-11,17,22H,1-2H3/t17-/m0/s1. The lowest BCUT2D eigenvalue weighted by atomic mass is 10.0. The predicted molar refractivity (Wildman–Crippen MR) is 108 cm³/mol. The molecule has 7 nitrogen and oxygen atoms in total. The second kappa shape index (κ2) is 6.69. The van der Waals surface area contributed by atoms with Gasteiger partial charge in [-0.2, -0.15) is 0 Å². The van der Waals surface area contributed by atoms with Gasteiger partial charge in [0.15, 0.2) is 0 Å². The van der Waals surface area contributed by atoms with Crippen molar-refractivity contribution in [3.05, 3.63) is 91.7 Å². The number of nitrogens with one attached hydrogen (secondary N) is 1. The summed E-state index contributed by atoms with van der Waals surface area (Å²) in [5.74, 6) is -0.252. The highest BCUT2D eigenvalue weighted by molar-refractivity contribution is 6.30. The number of benzene rings is 2. The van der Waals surface area contributed by atoms with Crippen LogP contribution in [0, 0.1) is 0 Å². The lowest BCUT2D eigenvalue weighted by Crippen LogP contribution is -2.48. The summed E-state index contributed by atoms with van der Waals surface area (Å²) in [5.41, 5.74) is 1.08. The Morgan fingerprint density at radius 1 is 0.964 bits per heavy atom. The van der Waals surface area contributed by atoms with Gasteiger partial charge in [0.1, 0.15) is 6.17 Å². The van der Waals surface area contributed by atoms with E-state index in [1.807, 2.05) is 6.07 Å². The second-order valence-corrected chi connectivity index (χ2v) is 7.02. The third-order valence-corrected chi connectivity index (χ3v) is 5.05. The number of fused-ring (bicyclic) bond motifs is 1. The Kier molecular flexibility index (Phi) is 4.31. The number of hydrogen-bond acceptors (Lipinski definition) is 4. The molecule has 1 aliphatic rings. The normalized spacial score (nSPS) is 15.9. The van der Waals surface area contributed by atoms with Crippen LogP contribution in [0.2, 0.25) is 5.02 Å². The monoisotopic (exact) mass is 396 g/mol. The maximum absolute atomic E-state index is 13.3. The lowest BCUT2D eigenvalue weighted by Gasteiger charge is -2.37. The summed E-state index contributed by atoms with van der Waals surface area (Å²) in [4.78, 5) is 39.7. The van der Waals surface area contributed by atoms with Crippen LogP contribution >= 0.6 is 11.6 Å². The van der Waals surface area contributed by atoms with Gasteiger partial charge in [-0.3, -0.25) is 19.1 Å². The van der Waals surface area contributed by atoms with E-state index in [1.165, 1.54) is 22.7 Å². The fraction of sp³-hybridized carbons (Fsp3) is 0.150. The number of para-hydroxylation sites is 1. The molecular weight excluding hydrogens is 380 g/mol. The molecule has 0 spiro atoms. The first-order valence-corrected chi connectivity index (χ1v) is 8.97. The average Bonchev–Trinajstić information content (AvgIpc) is 2.70. The molecule has 0 bridgehead atoms. The molecule has 142 valence electrons. The topological polar surface area (TPSA) is 76.3 Å². The molecule has 1 aromatic heterocycles. The number of hydrogen-bond donors (Lipinski definition) is 1. The number of carbonyl (C=O) groups is 1. The largest absolute Gasteiger partial charge is 0.360 e. The van der Waals surface area contributed by atoms with Crippen LogP contribution in [-0.4, -0.2) is 15.0 Å². The summed E-state index contributed by atoms with van der Waals surface area (Å²) in [6.45, 7) is 0. The van der Waals surface area contributed by atoms with Crippen LogP contribution in [0.15, 0.2) is 64.3 Å². The molecule has 0 saturated carbocycles. The van der Waals surface area contributed by atoms with Crippen molar-refractivity contribution in [1.29, 1.82) is 0 Å². The number of aromatic nitrogens is 2. The summed E-state index contributed by atoms with van der Waals surface area (Å²) in [6, 6.07) is 13.9. The van der Waals surface area contributed by atoms with Crippen LogP contribution in [-0.2, 0) is 14.1 Å². The van der Waals surface area contributed by atoms with Crippen molar-refractivity contribution >= 4 is 28.9 Å². The molecule has 1 N–H and O–H groups in total. The van der Waals surface area contributed by atoms with Crippen LogP contribution in [0.3, 0.4) is 0 Å². The Labute approximate surface area is 165 Å². The number of aryl methyl sites for hydroxylation is 1. The Hall–Kier alpha value is -3.32. The number of carbonyl (C=O) groups excluding carboxylic acids is 1. The molecule has 4 rings (SSSR count). The Balaban J connectivity index is 1.96. The Morgan fingerprint density at radius 2 is 1.64 bits per heavy atom. The molecule has 0 radical (unpaired) electrons. The number of rotatable bonds is 2. The van der Waals surface area contributed by atoms with E-state index in [0.717, 1.165) is 4.57 Å². The maximum atomic E-state index is 13.3. The van der Waals surface area contributed by atoms with Gasteiger partial charge in [0.25, 0.3) is 11.5 Å². The van der Waals surface area contributed by atoms with E-state index in [2.05, 4.69) is 5.32 Å². The third kappa shape index (κ3) is 2.80. The van der Waals surface area contributed by atoms with E-state index < -0.39 is 17.4 Å². The van der Waals surface area contributed by atoms with Gasteiger partial charge in [-0.25, -0.2) is 4.79 Å². The van der Waals surface area contributed by atoms with Gasteiger partial charge < -0.3 is 9.88 Å². The fourth-order valence-electron chi connectivity index (χ4n) is 3.36. The van der Waals surface area contributed by atoms with E-state index in [-0.39, 0.29) is 11.5 Å². The Bertz CT molecular complexity index is 1200. The molecule has 0 fully saturated rings. The molecule has 8 heteroatoms. The number of amides is 1. The van der Waals surface area contributed by atoms with E-state index in [0.29, 0.717) is 22.0 Å². The molecule has 0 unspecified atom stereocenters. The van der Waals surface area contributed by atoms with Gasteiger partial charge in [0.2, 0.25) is 0 Å². The van der Waals surface area contributed by atoms with Crippen molar-refractivity contribution < 1.29 is 4.79 Å². The average molecular weight is 397 g/mol. The third-order valence-electron chi connectivity index (χ3n) is 4.80. The van der Waals surface area contributed by atoms with Crippen molar-refractivity contribution in [2.75, 3.05) is 10.2 Å². The maximum Gasteiger partial charge on any atom is 0.330 e. The van der Waals surface area contributed by atoms with Crippen molar-refractivity contribution in [3.8, 4) is 0 Å². The minimum absolute atomic E-state index is 0.252. The van der Waals surface area contributed by atoms with Crippen LogP contribution in [0.5, 0.6) is 0 Å². The minimum atomic E-state index is -0.783. The van der Waals surface area contributed by atoms with Gasteiger partial charge in [-0.05, 0) is 36.4 Å². The quantitative estimate of drug-likeness (QED) is 0.722. The van der Waals surface area contributed by atoms with Crippen molar-refractivity contribution in [1.82, 2.24) is 9.13 Å². The van der Waals surface area contributed by atoms with Crippen molar-refractivity contribution in [3.63, 3.8) is 0 Å². The van der Waals surface area contributed by atoms with Gasteiger partial charge in [0.05, 0.1) is 11.1 Å². The van der Waals surface area contributed by atoms with Gasteiger partial charge in [0, 0.05) is 36.7 Å². The number of halogens is 1. The molecule has 2 heterocycles. The van der Waals surface area contributed by atoms with Gasteiger partial charge >= 0.3 is 5.69 Å². The highest BCUT2D eigenvalue weighted by Crippen LogP contribution is 2.35. The summed E-state index contributed by atoms with van der Waals surface area (Å²) < 4.78 is 2.35. The first kappa shape index (κ1) is 18.1. The SMILES string of the molecule is Cn1cc([C@H]2Nc3ccccc3C(=O)N2c2ccc(Cl)cc2)c(=O)n(C)c1=O. The van der Waals surface area contributed by atoms with E-state index in [1.54, 1.807) is 49.5 Å². The minimum Gasteiger partial charge on any atom is -0.360 e. The second-order valence-electron chi connectivity index (χ2n) is 6.59. The van der Waals surface area contributed by atoms with Crippen LogP contribution in [0.4, 0.5) is 11.4 Å². The first-order valence-electron chi connectivity index (χ1n) is 8.59. The van der Waals surface area contributed by atoms with E-state index in [4.69, 9.17) is 11.6 Å². The number of anilines is 2. The fourth-order valence-corrected chi connectivity index (χ4v) is 3.49. The molecular formula is C20H17ClN4O3. The molecule has 0 aliphatic carbocycles. The molecule has 3 aromatic rings. The molecule has 28 heavy (non-hydrogen) atoms. The summed E-state index contributed by atoms with van der Waals surface area (Å²) >= 11 is 6.00. The predicted octanol–water partition coefficient (Wildman–Crippen LogP) is 2.51. The number of nitrogens with zero attached hydrogens (tertiary/aromatic N) is 3. The molecule has 1 atom stereocenters. The van der Waals surface area contributed by atoms with E-state index in [9.17, 15) is 14.4 Å². The van der Waals surface area contributed by atoms with E-state index >= 15 is 0 Å². The molecule has 2 aromatic carbocycles. The summed E-state index contributed by atoms with van der Waals surface area (Å²) in [7, 11) is 2.98. The zero-order valence-corrected chi connectivity index (χ0v) is 16.0. The van der Waals surface area contributed by atoms with Crippen LogP contribution < -0.4 is 21.5 Å². The molecule has 1 amide bonds. The molecule has 1 aliphatic heterocycles. The summed E-state index contributed by atoms with van der Waals surface area (Å²) in [6.07, 6.45) is 0.681. The zero-order chi connectivity index (χ0) is 20.0. The highest BCUT2D eigenvalue weighted by atomic mass is 35.5. The first-order chi connectivity index (χ1) is 13.4. The van der Waals surface area contributed by atoms with Gasteiger partial charge in [-0.15, -0.1) is 0 Å². The zero-order valence-electron chi connectivity index (χ0n) is 15.2. The van der Waals surface area contributed by atoms with Crippen molar-refractivity contribution in [2.24, 2.45) is 14.1 Å². The highest BCUT2D eigenvalue weighted by Gasteiger charge is 2.36. The van der Waals surface area contributed by atoms with Crippen molar-refractivity contribution in [2.45, 2.75) is 6.17 Å². The lowest BCUT2D eigenvalue weighted by molar-refractivity contribution is 0.0974. The van der Waals surface area contributed by atoms with Gasteiger partial charge in [-0.1, -0.05) is 23.7 Å². The van der Waals surface area contributed by atoms with Crippen LogP contribution in [0.25, 0.3) is 0 Å².